The van der Waals surface area contributed by atoms with Gasteiger partial charge in [-0.3, -0.25) is 4.79 Å². The molecule has 0 spiro atoms. The number of aliphatic hydroxyl groups is 1. The van der Waals surface area contributed by atoms with Crippen molar-refractivity contribution in [1.29, 1.82) is 0 Å². The summed E-state index contributed by atoms with van der Waals surface area (Å²) in [5.41, 5.74) is 0.691. The van der Waals surface area contributed by atoms with Gasteiger partial charge in [-0.15, -0.1) is 0 Å². The lowest BCUT2D eigenvalue weighted by molar-refractivity contribution is 0.0622. The first-order valence-electron chi connectivity index (χ1n) is 6.31. The SMILES string of the molecule is CCC(CC)N(CCO)C(=O)c1ccc(I)cc1. The molecule has 0 atom stereocenters. The third kappa shape index (κ3) is 3.95. The topological polar surface area (TPSA) is 40.5 Å². The van der Waals surface area contributed by atoms with Crippen molar-refractivity contribution in [1.82, 2.24) is 4.90 Å². The molecule has 4 heteroatoms. The molecule has 1 rings (SSSR count). The lowest BCUT2D eigenvalue weighted by atomic mass is 10.1. The van der Waals surface area contributed by atoms with Gasteiger partial charge in [0.15, 0.2) is 0 Å². The molecule has 100 valence electrons. The summed E-state index contributed by atoms with van der Waals surface area (Å²) in [5, 5.41) is 9.12. The van der Waals surface area contributed by atoms with Gasteiger partial charge in [-0.25, -0.2) is 0 Å². The number of amides is 1. The normalized spacial score (nSPS) is 10.7. The predicted molar refractivity (Wildman–Crippen MR) is 81.7 cm³/mol. The molecule has 1 N–H and O–H groups in total. The Hall–Kier alpha value is -0.620. The minimum absolute atomic E-state index is 0.00656. The molecule has 1 aromatic rings. The number of hydrogen-bond donors (Lipinski definition) is 1. The number of rotatable bonds is 6. The zero-order valence-corrected chi connectivity index (χ0v) is 13.1. The Labute approximate surface area is 122 Å². The Kier molecular flexibility index (Phi) is 6.63. The molecule has 0 aliphatic rings. The maximum Gasteiger partial charge on any atom is 0.254 e. The molecular weight excluding hydrogens is 341 g/mol. The highest BCUT2D eigenvalue weighted by Crippen LogP contribution is 2.14. The van der Waals surface area contributed by atoms with Gasteiger partial charge in [-0.2, -0.15) is 0 Å². The minimum Gasteiger partial charge on any atom is -0.395 e. The molecular formula is C14H20INO2. The van der Waals surface area contributed by atoms with Crippen LogP contribution >= 0.6 is 22.6 Å². The van der Waals surface area contributed by atoms with Crippen molar-refractivity contribution in [3.05, 3.63) is 33.4 Å². The van der Waals surface area contributed by atoms with E-state index in [0.717, 1.165) is 16.4 Å². The number of nitrogens with zero attached hydrogens (tertiary/aromatic N) is 1. The molecule has 0 fully saturated rings. The molecule has 0 heterocycles. The van der Waals surface area contributed by atoms with Crippen molar-refractivity contribution in [2.24, 2.45) is 0 Å². The van der Waals surface area contributed by atoms with Gasteiger partial charge in [0.25, 0.3) is 5.91 Å². The van der Waals surface area contributed by atoms with E-state index in [4.69, 9.17) is 5.11 Å². The summed E-state index contributed by atoms with van der Waals surface area (Å²) in [6.07, 6.45) is 1.82. The molecule has 1 aromatic carbocycles. The average Bonchev–Trinajstić information content (AvgIpc) is 2.39. The molecule has 18 heavy (non-hydrogen) atoms. The minimum atomic E-state index is 0.00656. The summed E-state index contributed by atoms with van der Waals surface area (Å²) >= 11 is 2.22. The van der Waals surface area contributed by atoms with E-state index in [1.807, 2.05) is 24.3 Å². The number of carbonyl (C=O) groups is 1. The summed E-state index contributed by atoms with van der Waals surface area (Å²) in [4.78, 5) is 14.2. The van der Waals surface area contributed by atoms with E-state index in [0.29, 0.717) is 12.1 Å². The van der Waals surface area contributed by atoms with Crippen LogP contribution in [-0.2, 0) is 0 Å². The quantitative estimate of drug-likeness (QED) is 0.792. The van der Waals surface area contributed by atoms with Crippen molar-refractivity contribution in [3.8, 4) is 0 Å². The number of benzene rings is 1. The summed E-state index contributed by atoms with van der Waals surface area (Å²) in [7, 11) is 0. The fraction of sp³-hybridized carbons (Fsp3) is 0.500. The molecule has 3 nitrogen and oxygen atoms in total. The van der Waals surface area contributed by atoms with E-state index in [2.05, 4.69) is 36.4 Å². The molecule has 0 saturated heterocycles. The highest BCUT2D eigenvalue weighted by atomic mass is 127. The van der Waals surface area contributed by atoms with Crippen LogP contribution in [-0.4, -0.2) is 35.1 Å². The third-order valence-electron chi connectivity index (χ3n) is 3.08. The van der Waals surface area contributed by atoms with Crippen LogP contribution in [0.2, 0.25) is 0 Å². The van der Waals surface area contributed by atoms with Crippen LogP contribution in [0, 0.1) is 3.57 Å². The number of carbonyl (C=O) groups excluding carboxylic acids is 1. The summed E-state index contributed by atoms with van der Waals surface area (Å²) in [6, 6.07) is 7.74. The summed E-state index contributed by atoms with van der Waals surface area (Å²) in [6.45, 7) is 4.54. The second-order valence-corrected chi connectivity index (χ2v) is 5.44. The first-order chi connectivity index (χ1) is 8.63. The maximum atomic E-state index is 12.4. The van der Waals surface area contributed by atoms with E-state index >= 15 is 0 Å². The lowest BCUT2D eigenvalue weighted by Gasteiger charge is -2.30. The van der Waals surface area contributed by atoms with E-state index in [1.54, 1.807) is 4.90 Å². The smallest absolute Gasteiger partial charge is 0.254 e. The fourth-order valence-electron chi connectivity index (χ4n) is 2.05. The molecule has 0 bridgehead atoms. The van der Waals surface area contributed by atoms with Gasteiger partial charge < -0.3 is 10.0 Å². The first kappa shape index (κ1) is 15.4. The van der Waals surface area contributed by atoms with Crippen molar-refractivity contribution >= 4 is 28.5 Å². The van der Waals surface area contributed by atoms with E-state index in [1.165, 1.54) is 0 Å². The second-order valence-electron chi connectivity index (χ2n) is 4.20. The zero-order valence-electron chi connectivity index (χ0n) is 10.9. The number of halogens is 1. The Balaban J connectivity index is 2.91. The fourth-order valence-corrected chi connectivity index (χ4v) is 2.40. The monoisotopic (exact) mass is 361 g/mol. The molecule has 1 amide bonds. The zero-order chi connectivity index (χ0) is 13.5. The van der Waals surface area contributed by atoms with Crippen molar-refractivity contribution < 1.29 is 9.90 Å². The molecule has 0 aromatic heterocycles. The van der Waals surface area contributed by atoms with Crippen LogP contribution < -0.4 is 0 Å². The molecule has 0 aliphatic carbocycles. The average molecular weight is 361 g/mol. The summed E-state index contributed by atoms with van der Waals surface area (Å²) < 4.78 is 1.11. The molecule has 0 radical (unpaired) electrons. The lowest BCUT2D eigenvalue weighted by Crippen LogP contribution is -2.41. The van der Waals surface area contributed by atoms with Crippen LogP contribution in [0.5, 0.6) is 0 Å². The van der Waals surface area contributed by atoms with Crippen LogP contribution in [0.4, 0.5) is 0 Å². The van der Waals surface area contributed by atoms with Crippen LogP contribution in [0.25, 0.3) is 0 Å². The number of aliphatic hydroxyl groups excluding tert-OH is 1. The highest BCUT2D eigenvalue weighted by Gasteiger charge is 2.21. The van der Waals surface area contributed by atoms with Crippen LogP contribution in [0.15, 0.2) is 24.3 Å². The maximum absolute atomic E-state index is 12.4. The van der Waals surface area contributed by atoms with Gasteiger partial charge in [0, 0.05) is 21.7 Å². The van der Waals surface area contributed by atoms with Gasteiger partial charge in [0.05, 0.1) is 6.61 Å². The van der Waals surface area contributed by atoms with E-state index < -0.39 is 0 Å². The van der Waals surface area contributed by atoms with Gasteiger partial charge >= 0.3 is 0 Å². The molecule has 0 saturated carbocycles. The van der Waals surface area contributed by atoms with E-state index in [9.17, 15) is 4.79 Å². The third-order valence-corrected chi connectivity index (χ3v) is 3.80. The molecule has 0 unspecified atom stereocenters. The predicted octanol–water partition coefficient (Wildman–Crippen LogP) is 2.91. The Morgan fingerprint density at radius 1 is 1.28 bits per heavy atom. The largest absolute Gasteiger partial charge is 0.395 e. The first-order valence-corrected chi connectivity index (χ1v) is 7.39. The van der Waals surface area contributed by atoms with Gasteiger partial charge in [0.2, 0.25) is 0 Å². The van der Waals surface area contributed by atoms with Gasteiger partial charge in [-0.1, -0.05) is 13.8 Å². The van der Waals surface area contributed by atoms with Crippen molar-refractivity contribution in [2.75, 3.05) is 13.2 Å². The Morgan fingerprint density at radius 2 is 1.83 bits per heavy atom. The standard InChI is InChI=1S/C14H20INO2/c1-3-13(4-2)16(9-10-17)14(18)11-5-7-12(15)8-6-11/h5-8,13,17H,3-4,9-10H2,1-2H3. The Morgan fingerprint density at radius 3 is 2.28 bits per heavy atom. The van der Waals surface area contributed by atoms with Crippen molar-refractivity contribution in [3.63, 3.8) is 0 Å². The van der Waals surface area contributed by atoms with E-state index in [-0.39, 0.29) is 18.6 Å². The van der Waals surface area contributed by atoms with Crippen LogP contribution in [0.1, 0.15) is 37.0 Å². The number of hydrogen-bond acceptors (Lipinski definition) is 2. The summed E-state index contributed by atoms with van der Waals surface area (Å²) in [5.74, 6) is 0.00847. The van der Waals surface area contributed by atoms with Crippen LogP contribution in [0.3, 0.4) is 0 Å². The highest BCUT2D eigenvalue weighted by molar-refractivity contribution is 14.1. The van der Waals surface area contributed by atoms with Gasteiger partial charge in [0.1, 0.15) is 0 Å². The van der Waals surface area contributed by atoms with Gasteiger partial charge in [-0.05, 0) is 59.7 Å². The second kappa shape index (κ2) is 7.74. The molecule has 0 aliphatic heterocycles. The van der Waals surface area contributed by atoms with Crippen molar-refractivity contribution in [2.45, 2.75) is 32.7 Å². The Bertz CT molecular complexity index is 374.